The maximum atomic E-state index is 6.02. The Morgan fingerprint density at radius 3 is 2.71 bits per heavy atom. The van der Waals surface area contributed by atoms with Crippen molar-refractivity contribution in [3.05, 3.63) is 0 Å². The van der Waals surface area contributed by atoms with Gasteiger partial charge >= 0.3 is 0 Å². The van der Waals surface area contributed by atoms with Gasteiger partial charge in [0.05, 0.1) is 0 Å². The van der Waals surface area contributed by atoms with Crippen molar-refractivity contribution in [3.8, 4) is 0 Å². The second-order valence-electron chi connectivity index (χ2n) is 6.92. The van der Waals surface area contributed by atoms with Crippen molar-refractivity contribution < 1.29 is 4.74 Å². The summed E-state index contributed by atoms with van der Waals surface area (Å²) in [5, 5.41) is 2.42. The number of hydrogen-bond donors (Lipinski definition) is 1. The molecule has 0 aromatic heterocycles. The number of nitrogens with one attached hydrogen (secondary N) is 1. The average molecular weight is 296 g/mol. The van der Waals surface area contributed by atoms with E-state index in [-0.39, 0.29) is 6.23 Å². The molecule has 122 valence electrons. The number of unbranched alkanes of at least 4 members (excludes halogenated alkanes) is 1. The van der Waals surface area contributed by atoms with Crippen LogP contribution in [0.4, 0.5) is 0 Å². The molecular weight excluding hydrogens is 264 g/mol. The summed E-state index contributed by atoms with van der Waals surface area (Å²) in [4.78, 5) is 5.01. The van der Waals surface area contributed by atoms with Gasteiger partial charge in [0, 0.05) is 51.8 Å². The van der Waals surface area contributed by atoms with Crippen molar-refractivity contribution in [2.45, 2.75) is 50.8 Å². The van der Waals surface area contributed by atoms with Crippen LogP contribution in [0.5, 0.6) is 0 Å². The quantitative estimate of drug-likeness (QED) is 0.742. The van der Waals surface area contributed by atoms with E-state index >= 15 is 0 Å². The van der Waals surface area contributed by atoms with Crippen LogP contribution in [0.25, 0.3) is 0 Å². The van der Waals surface area contributed by atoms with Crippen LogP contribution >= 0.6 is 0 Å². The van der Waals surface area contributed by atoms with Gasteiger partial charge in [-0.05, 0) is 39.3 Å². The van der Waals surface area contributed by atoms with E-state index in [1.807, 2.05) is 0 Å². The lowest BCUT2D eigenvalue weighted by molar-refractivity contribution is 0.0121. The van der Waals surface area contributed by atoms with Crippen LogP contribution in [0.15, 0.2) is 0 Å². The van der Waals surface area contributed by atoms with Crippen molar-refractivity contribution in [2.24, 2.45) is 0 Å². The van der Waals surface area contributed by atoms with Crippen LogP contribution in [0.2, 0.25) is 0 Å². The van der Waals surface area contributed by atoms with Gasteiger partial charge in [-0.3, -0.25) is 0 Å². The minimum atomic E-state index is 0.275. The minimum absolute atomic E-state index is 0.275. The third-order valence-corrected chi connectivity index (χ3v) is 5.21. The van der Waals surface area contributed by atoms with E-state index in [9.17, 15) is 0 Å². The highest BCUT2D eigenvalue weighted by Gasteiger charge is 2.33. The number of hydrazine groups is 1. The van der Waals surface area contributed by atoms with Gasteiger partial charge in [0.1, 0.15) is 6.23 Å². The molecule has 21 heavy (non-hydrogen) atoms. The third kappa shape index (κ3) is 4.63. The molecule has 0 bridgehead atoms. The number of piperidine rings is 1. The first-order chi connectivity index (χ1) is 10.3. The number of ether oxygens (including phenoxy) is 1. The van der Waals surface area contributed by atoms with Crippen LogP contribution in [-0.2, 0) is 4.74 Å². The maximum Gasteiger partial charge on any atom is 0.122 e. The normalized spacial score (nSPS) is 32.4. The SMILES string of the molecule is CN1CCN(CCCCOC2CC3CCCCN3N2)CC1. The third-order valence-electron chi connectivity index (χ3n) is 5.21. The fourth-order valence-electron chi connectivity index (χ4n) is 3.74. The van der Waals surface area contributed by atoms with Gasteiger partial charge in [-0.2, -0.15) is 0 Å². The fraction of sp³-hybridized carbons (Fsp3) is 1.00. The molecule has 0 aliphatic carbocycles. The summed E-state index contributed by atoms with van der Waals surface area (Å²) in [7, 11) is 2.22. The van der Waals surface area contributed by atoms with Crippen LogP contribution in [0.1, 0.15) is 38.5 Å². The highest BCUT2D eigenvalue weighted by molar-refractivity contribution is 4.83. The number of nitrogens with zero attached hydrogens (tertiary/aromatic N) is 3. The smallest absolute Gasteiger partial charge is 0.122 e. The lowest BCUT2D eigenvalue weighted by atomic mass is 10.0. The molecule has 3 aliphatic rings. The molecular formula is C16H32N4O. The summed E-state index contributed by atoms with van der Waals surface area (Å²) in [6.07, 6.45) is 7.98. The molecule has 3 saturated heterocycles. The molecule has 3 aliphatic heterocycles. The largest absolute Gasteiger partial charge is 0.362 e. The van der Waals surface area contributed by atoms with Crippen molar-refractivity contribution in [1.82, 2.24) is 20.2 Å². The first kappa shape index (κ1) is 15.7. The van der Waals surface area contributed by atoms with E-state index in [0.717, 1.165) is 12.6 Å². The van der Waals surface area contributed by atoms with Crippen LogP contribution in [0, 0.1) is 0 Å². The van der Waals surface area contributed by atoms with Crippen LogP contribution in [-0.4, -0.2) is 80.0 Å². The number of fused-ring (bicyclic) bond motifs is 1. The molecule has 0 radical (unpaired) electrons. The number of likely N-dealkylation sites (N-methyl/N-ethyl adjacent to an activating group) is 1. The number of piperazine rings is 1. The molecule has 0 saturated carbocycles. The number of hydrogen-bond acceptors (Lipinski definition) is 5. The average Bonchev–Trinajstić information content (AvgIpc) is 2.91. The van der Waals surface area contributed by atoms with Gasteiger partial charge in [0.25, 0.3) is 0 Å². The second kappa shape index (κ2) is 7.88. The zero-order valence-electron chi connectivity index (χ0n) is 13.6. The first-order valence-corrected chi connectivity index (χ1v) is 8.86. The molecule has 3 fully saturated rings. The molecule has 3 rings (SSSR count). The highest BCUT2D eigenvalue weighted by Crippen LogP contribution is 2.25. The summed E-state index contributed by atoms with van der Waals surface area (Å²) < 4.78 is 6.02. The van der Waals surface area contributed by atoms with Gasteiger partial charge in [0.2, 0.25) is 0 Å². The molecule has 0 aromatic rings. The van der Waals surface area contributed by atoms with E-state index in [1.54, 1.807) is 0 Å². The molecule has 5 nitrogen and oxygen atoms in total. The van der Waals surface area contributed by atoms with Crippen molar-refractivity contribution in [3.63, 3.8) is 0 Å². The van der Waals surface area contributed by atoms with E-state index < -0.39 is 0 Å². The van der Waals surface area contributed by atoms with E-state index in [1.165, 1.54) is 77.8 Å². The Bertz CT molecular complexity index is 293. The van der Waals surface area contributed by atoms with Crippen LogP contribution in [0.3, 0.4) is 0 Å². The zero-order chi connectivity index (χ0) is 14.5. The summed E-state index contributed by atoms with van der Waals surface area (Å²) in [6.45, 7) is 8.26. The Morgan fingerprint density at radius 2 is 1.90 bits per heavy atom. The summed E-state index contributed by atoms with van der Waals surface area (Å²) in [5.74, 6) is 0. The zero-order valence-corrected chi connectivity index (χ0v) is 13.6. The Kier molecular flexibility index (Phi) is 5.89. The fourth-order valence-corrected chi connectivity index (χ4v) is 3.74. The number of rotatable bonds is 6. The van der Waals surface area contributed by atoms with Gasteiger partial charge < -0.3 is 14.5 Å². The van der Waals surface area contributed by atoms with Gasteiger partial charge in [0.15, 0.2) is 0 Å². The predicted molar refractivity (Wildman–Crippen MR) is 85.0 cm³/mol. The molecule has 3 heterocycles. The summed E-state index contributed by atoms with van der Waals surface area (Å²) >= 11 is 0. The van der Waals surface area contributed by atoms with Gasteiger partial charge in [-0.25, -0.2) is 10.4 Å². The molecule has 2 atom stereocenters. The monoisotopic (exact) mass is 296 g/mol. The molecule has 0 amide bonds. The predicted octanol–water partition coefficient (Wildman–Crippen LogP) is 1.12. The summed E-state index contributed by atoms with van der Waals surface area (Å²) in [6, 6.07) is 0.731. The Morgan fingerprint density at radius 1 is 1.05 bits per heavy atom. The Labute approximate surface area is 129 Å². The first-order valence-electron chi connectivity index (χ1n) is 8.86. The van der Waals surface area contributed by atoms with Gasteiger partial charge in [-0.1, -0.05) is 6.42 Å². The van der Waals surface area contributed by atoms with E-state index in [0.29, 0.717) is 0 Å². The van der Waals surface area contributed by atoms with Crippen LogP contribution < -0.4 is 5.43 Å². The van der Waals surface area contributed by atoms with Gasteiger partial charge in [-0.15, -0.1) is 0 Å². The standard InChI is InChI=1S/C16H32N4O/c1-18-9-11-19(12-10-18)7-4-5-13-21-16-14-15-6-2-3-8-20(15)17-16/h15-17H,2-14H2,1H3. The lowest BCUT2D eigenvalue weighted by Crippen LogP contribution is -2.44. The molecule has 1 N–H and O–H groups in total. The maximum absolute atomic E-state index is 6.02. The minimum Gasteiger partial charge on any atom is -0.362 e. The molecule has 0 spiro atoms. The molecule has 2 unspecified atom stereocenters. The van der Waals surface area contributed by atoms with E-state index in [2.05, 4.69) is 27.3 Å². The van der Waals surface area contributed by atoms with Crippen molar-refractivity contribution >= 4 is 0 Å². The molecule has 5 heteroatoms. The highest BCUT2D eigenvalue weighted by atomic mass is 16.5. The molecule has 0 aromatic carbocycles. The lowest BCUT2D eigenvalue weighted by Gasteiger charge is -2.32. The summed E-state index contributed by atoms with van der Waals surface area (Å²) in [5.41, 5.74) is 3.53. The van der Waals surface area contributed by atoms with E-state index in [4.69, 9.17) is 4.74 Å². The van der Waals surface area contributed by atoms with Crippen molar-refractivity contribution in [1.29, 1.82) is 0 Å². The topological polar surface area (TPSA) is 31.0 Å². The Hall–Kier alpha value is -0.200. The Balaban J connectivity index is 1.22. The second-order valence-corrected chi connectivity index (χ2v) is 6.92. The van der Waals surface area contributed by atoms with Crippen molar-refractivity contribution in [2.75, 3.05) is 52.9 Å².